The van der Waals surface area contributed by atoms with Gasteiger partial charge in [0.15, 0.2) is 0 Å². The van der Waals surface area contributed by atoms with Gasteiger partial charge >= 0.3 is 0 Å². The Morgan fingerprint density at radius 1 is 1.41 bits per heavy atom. The number of aromatic amines is 1. The highest BCUT2D eigenvalue weighted by atomic mass is 32.1. The number of hydrogen-bond acceptors (Lipinski definition) is 5. The van der Waals surface area contributed by atoms with Crippen molar-refractivity contribution in [3.05, 3.63) is 26.6 Å². The summed E-state index contributed by atoms with van der Waals surface area (Å²) in [6.07, 6.45) is 3.82. The van der Waals surface area contributed by atoms with Gasteiger partial charge < -0.3 is 15.0 Å². The van der Waals surface area contributed by atoms with Crippen LogP contribution in [0.2, 0.25) is 0 Å². The third-order valence-electron chi connectivity index (χ3n) is 5.41. The first kappa shape index (κ1) is 20.0. The van der Waals surface area contributed by atoms with E-state index in [9.17, 15) is 9.59 Å². The Balaban J connectivity index is 1.76. The van der Waals surface area contributed by atoms with E-state index in [0.717, 1.165) is 29.5 Å². The largest absolute Gasteiger partial charge is 0.383 e. The van der Waals surface area contributed by atoms with E-state index in [0.29, 0.717) is 37.7 Å². The van der Waals surface area contributed by atoms with Gasteiger partial charge in [-0.15, -0.1) is 11.3 Å². The smallest absolute Gasteiger partial charge is 0.259 e. The zero-order valence-corrected chi connectivity index (χ0v) is 17.4. The average Bonchev–Trinajstić information content (AvgIpc) is 2.97. The first-order valence-electron chi connectivity index (χ1n) is 9.58. The number of hydrogen-bond donors (Lipinski definition) is 2. The van der Waals surface area contributed by atoms with Gasteiger partial charge in [0.2, 0.25) is 5.91 Å². The number of amides is 1. The van der Waals surface area contributed by atoms with Gasteiger partial charge in [0, 0.05) is 31.4 Å². The molecule has 6 nitrogen and oxygen atoms in total. The molecule has 2 aromatic heterocycles. The van der Waals surface area contributed by atoms with Gasteiger partial charge in [-0.25, -0.2) is 4.98 Å². The number of rotatable bonds is 6. The standard InChI is InChI=1S/C20H29N3O3S/c1-20(2,3)12-5-6-13-14(11-12)27-19-17(13)18(25)22-15(23-19)7-8-16(24)21-9-10-26-4/h12H,5-11H2,1-4H3,(H,21,24)(H,22,23,25). The maximum absolute atomic E-state index is 12.7. The quantitative estimate of drug-likeness (QED) is 0.742. The number of carbonyl (C=O) groups is 1. The number of aromatic nitrogens is 2. The van der Waals surface area contributed by atoms with Crippen LogP contribution in [0, 0.1) is 11.3 Å². The Morgan fingerprint density at radius 2 is 2.19 bits per heavy atom. The fourth-order valence-electron chi connectivity index (χ4n) is 3.70. The highest BCUT2D eigenvalue weighted by Gasteiger charge is 2.31. The highest BCUT2D eigenvalue weighted by Crippen LogP contribution is 2.41. The van der Waals surface area contributed by atoms with Crippen molar-refractivity contribution in [2.24, 2.45) is 11.3 Å². The Labute approximate surface area is 163 Å². The third-order valence-corrected chi connectivity index (χ3v) is 6.56. The molecule has 0 aliphatic heterocycles. The minimum absolute atomic E-state index is 0.0618. The molecule has 2 aromatic rings. The number of aryl methyl sites for hydroxylation is 2. The molecule has 2 N–H and O–H groups in total. The average molecular weight is 392 g/mol. The lowest BCUT2D eigenvalue weighted by Crippen LogP contribution is -2.27. The minimum atomic E-state index is -0.0681. The van der Waals surface area contributed by atoms with Gasteiger partial charge in [-0.3, -0.25) is 9.59 Å². The number of methoxy groups -OCH3 is 1. The van der Waals surface area contributed by atoms with E-state index < -0.39 is 0 Å². The van der Waals surface area contributed by atoms with Gasteiger partial charge in [0.05, 0.1) is 12.0 Å². The second-order valence-electron chi connectivity index (χ2n) is 8.35. The molecule has 0 fully saturated rings. The van der Waals surface area contributed by atoms with Gasteiger partial charge in [-0.2, -0.15) is 0 Å². The van der Waals surface area contributed by atoms with Gasteiger partial charge in [-0.1, -0.05) is 20.8 Å². The summed E-state index contributed by atoms with van der Waals surface area (Å²) in [7, 11) is 1.60. The molecule has 0 spiro atoms. The first-order valence-corrected chi connectivity index (χ1v) is 10.4. The molecule has 1 amide bonds. The number of H-pyrrole nitrogens is 1. The molecule has 2 heterocycles. The topological polar surface area (TPSA) is 84.1 Å². The van der Waals surface area contributed by atoms with E-state index in [1.54, 1.807) is 18.4 Å². The van der Waals surface area contributed by atoms with Crippen molar-refractivity contribution in [3.63, 3.8) is 0 Å². The lowest BCUT2D eigenvalue weighted by Gasteiger charge is -2.33. The molecule has 0 saturated heterocycles. The molecule has 3 rings (SSSR count). The molecule has 0 saturated carbocycles. The molecule has 148 valence electrons. The van der Waals surface area contributed by atoms with Crippen LogP contribution in [0.3, 0.4) is 0 Å². The second kappa shape index (κ2) is 8.10. The summed E-state index contributed by atoms with van der Waals surface area (Å²) in [4.78, 5) is 34.2. The summed E-state index contributed by atoms with van der Waals surface area (Å²) in [5.74, 6) is 1.15. The van der Waals surface area contributed by atoms with E-state index in [1.807, 2.05) is 0 Å². The predicted molar refractivity (Wildman–Crippen MR) is 108 cm³/mol. The molecule has 1 aliphatic rings. The van der Waals surface area contributed by atoms with Crippen molar-refractivity contribution in [1.82, 2.24) is 15.3 Å². The predicted octanol–water partition coefficient (Wildman–Crippen LogP) is 2.83. The molecule has 27 heavy (non-hydrogen) atoms. The Kier molecular flexibility index (Phi) is 6.01. The fourth-order valence-corrected chi connectivity index (χ4v) is 5.02. The number of nitrogens with one attached hydrogen (secondary N) is 2. The monoisotopic (exact) mass is 391 g/mol. The number of nitrogens with zero attached hydrogens (tertiary/aromatic N) is 1. The zero-order chi connectivity index (χ0) is 19.6. The van der Waals surface area contributed by atoms with Crippen LogP contribution in [-0.4, -0.2) is 36.1 Å². The van der Waals surface area contributed by atoms with Gasteiger partial charge in [-0.05, 0) is 36.2 Å². The number of thiophene rings is 1. The molecule has 0 aromatic carbocycles. The summed E-state index contributed by atoms with van der Waals surface area (Å²) in [5, 5.41) is 3.54. The van der Waals surface area contributed by atoms with Crippen molar-refractivity contribution in [1.29, 1.82) is 0 Å². The van der Waals surface area contributed by atoms with E-state index in [4.69, 9.17) is 4.74 Å². The minimum Gasteiger partial charge on any atom is -0.383 e. The maximum Gasteiger partial charge on any atom is 0.259 e. The Hall–Kier alpha value is -1.73. The summed E-state index contributed by atoms with van der Waals surface area (Å²) < 4.78 is 4.91. The first-order chi connectivity index (χ1) is 12.8. The lowest BCUT2D eigenvalue weighted by atomic mass is 9.72. The summed E-state index contributed by atoms with van der Waals surface area (Å²) in [5.41, 5.74) is 1.39. The number of ether oxygens (including phenoxy) is 1. The fraction of sp³-hybridized carbons (Fsp3) is 0.650. The van der Waals surface area contributed by atoms with E-state index in [2.05, 4.69) is 36.1 Å². The van der Waals surface area contributed by atoms with Crippen molar-refractivity contribution < 1.29 is 9.53 Å². The Morgan fingerprint density at radius 3 is 2.89 bits per heavy atom. The molecule has 7 heteroatoms. The molecule has 1 unspecified atom stereocenters. The van der Waals surface area contributed by atoms with E-state index in [-0.39, 0.29) is 16.9 Å². The molecular weight excluding hydrogens is 362 g/mol. The summed E-state index contributed by atoms with van der Waals surface area (Å²) in [6.45, 7) is 7.85. The maximum atomic E-state index is 12.7. The normalized spacial score (nSPS) is 17.1. The van der Waals surface area contributed by atoms with Crippen LogP contribution in [0.25, 0.3) is 10.2 Å². The second-order valence-corrected chi connectivity index (χ2v) is 9.43. The Bertz CT molecular complexity index is 879. The van der Waals surface area contributed by atoms with Crippen molar-refractivity contribution >= 4 is 27.5 Å². The molecular formula is C20H29N3O3S. The molecule has 0 radical (unpaired) electrons. The van der Waals surface area contributed by atoms with Crippen molar-refractivity contribution in [2.45, 2.75) is 52.9 Å². The SMILES string of the molecule is COCCNC(=O)CCc1nc2sc3c(c2c(=O)[nH]1)CCC(C(C)(C)C)C3. The zero-order valence-electron chi connectivity index (χ0n) is 16.6. The van der Waals surface area contributed by atoms with Crippen LogP contribution in [0.15, 0.2) is 4.79 Å². The van der Waals surface area contributed by atoms with Crippen LogP contribution in [0.4, 0.5) is 0 Å². The van der Waals surface area contributed by atoms with Gasteiger partial charge in [0.1, 0.15) is 10.7 Å². The summed E-state index contributed by atoms with van der Waals surface area (Å²) >= 11 is 1.65. The van der Waals surface area contributed by atoms with Crippen LogP contribution in [0.1, 0.15) is 49.9 Å². The third kappa shape index (κ3) is 4.58. The van der Waals surface area contributed by atoms with Crippen molar-refractivity contribution in [2.75, 3.05) is 20.3 Å². The van der Waals surface area contributed by atoms with Crippen LogP contribution >= 0.6 is 11.3 Å². The van der Waals surface area contributed by atoms with Crippen molar-refractivity contribution in [3.8, 4) is 0 Å². The molecule has 0 bridgehead atoms. The number of carbonyl (C=O) groups excluding carboxylic acids is 1. The van der Waals surface area contributed by atoms with E-state index >= 15 is 0 Å². The van der Waals surface area contributed by atoms with Gasteiger partial charge in [0.25, 0.3) is 5.56 Å². The highest BCUT2D eigenvalue weighted by molar-refractivity contribution is 7.18. The summed E-state index contributed by atoms with van der Waals surface area (Å²) in [6, 6.07) is 0. The number of fused-ring (bicyclic) bond motifs is 3. The van der Waals surface area contributed by atoms with Crippen LogP contribution < -0.4 is 10.9 Å². The lowest BCUT2D eigenvalue weighted by molar-refractivity contribution is -0.121. The molecule has 1 atom stereocenters. The van der Waals surface area contributed by atoms with E-state index in [1.165, 1.54) is 10.4 Å². The van der Waals surface area contributed by atoms with Crippen LogP contribution in [0.5, 0.6) is 0 Å². The molecule has 1 aliphatic carbocycles. The van der Waals surface area contributed by atoms with Crippen LogP contribution in [-0.2, 0) is 28.8 Å².